The Kier molecular flexibility index (Phi) is 7.36. The molecular formula is C24H23ClN6OS. The minimum absolute atomic E-state index is 0.122. The van der Waals surface area contributed by atoms with E-state index in [1.807, 2.05) is 28.8 Å². The van der Waals surface area contributed by atoms with Gasteiger partial charge in [0, 0.05) is 28.8 Å². The van der Waals surface area contributed by atoms with Gasteiger partial charge < -0.3 is 5.32 Å². The lowest BCUT2D eigenvalue weighted by Crippen LogP contribution is -2.14. The van der Waals surface area contributed by atoms with Crippen molar-refractivity contribution in [1.29, 1.82) is 0 Å². The lowest BCUT2D eigenvalue weighted by molar-refractivity contribution is -0.113. The summed E-state index contributed by atoms with van der Waals surface area (Å²) in [6, 6.07) is 15.3. The van der Waals surface area contributed by atoms with Gasteiger partial charge in [0.25, 0.3) is 0 Å². The van der Waals surface area contributed by atoms with E-state index in [0.29, 0.717) is 27.6 Å². The molecular weight excluding hydrogens is 456 g/mol. The van der Waals surface area contributed by atoms with Crippen LogP contribution < -0.4 is 5.32 Å². The first-order valence-electron chi connectivity index (χ1n) is 10.6. The second kappa shape index (κ2) is 10.6. The molecule has 1 amide bonds. The van der Waals surface area contributed by atoms with Gasteiger partial charge in [0.1, 0.15) is 5.69 Å². The zero-order chi connectivity index (χ0) is 23.2. The maximum Gasteiger partial charge on any atom is 0.234 e. The van der Waals surface area contributed by atoms with E-state index < -0.39 is 0 Å². The average molecular weight is 479 g/mol. The van der Waals surface area contributed by atoms with Gasteiger partial charge in [-0.25, -0.2) is 4.98 Å². The Hall–Kier alpha value is -3.23. The molecule has 2 aromatic carbocycles. The topological polar surface area (TPSA) is 85.6 Å². The van der Waals surface area contributed by atoms with E-state index in [1.165, 1.54) is 17.3 Å². The molecule has 0 radical (unpaired) electrons. The van der Waals surface area contributed by atoms with Gasteiger partial charge in [-0.05, 0) is 54.3 Å². The number of rotatable bonds is 8. The molecule has 0 fully saturated rings. The lowest BCUT2D eigenvalue weighted by atomic mass is 9.99. The highest BCUT2D eigenvalue weighted by Gasteiger charge is 2.18. The summed E-state index contributed by atoms with van der Waals surface area (Å²) in [5.41, 5.74) is 3.43. The zero-order valence-corrected chi connectivity index (χ0v) is 19.8. The van der Waals surface area contributed by atoms with E-state index in [0.717, 1.165) is 17.8 Å². The molecule has 0 aliphatic carbocycles. The summed E-state index contributed by atoms with van der Waals surface area (Å²) in [6.07, 6.45) is 5.90. The second-order valence-corrected chi connectivity index (χ2v) is 8.86. The highest BCUT2D eigenvalue weighted by molar-refractivity contribution is 7.99. The van der Waals surface area contributed by atoms with Gasteiger partial charge in [-0.1, -0.05) is 49.3 Å². The molecule has 168 valence electrons. The van der Waals surface area contributed by atoms with Gasteiger partial charge >= 0.3 is 0 Å². The quantitative estimate of drug-likeness (QED) is 0.331. The summed E-state index contributed by atoms with van der Waals surface area (Å²) in [5.74, 6) is 1.09. The summed E-state index contributed by atoms with van der Waals surface area (Å²) in [5, 5.41) is 12.8. The Morgan fingerprint density at radius 2 is 1.85 bits per heavy atom. The number of anilines is 1. The van der Waals surface area contributed by atoms with E-state index in [-0.39, 0.29) is 11.7 Å². The first-order chi connectivity index (χ1) is 16.0. The van der Waals surface area contributed by atoms with Gasteiger partial charge in [0.05, 0.1) is 11.9 Å². The maximum atomic E-state index is 12.6. The normalized spacial score (nSPS) is 11.8. The molecule has 9 heteroatoms. The fourth-order valence-corrected chi connectivity index (χ4v) is 4.10. The fourth-order valence-electron chi connectivity index (χ4n) is 3.22. The first kappa shape index (κ1) is 22.9. The van der Waals surface area contributed by atoms with Crippen LogP contribution in [0.25, 0.3) is 17.2 Å². The Morgan fingerprint density at radius 3 is 2.52 bits per heavy atom. The summed E-state index contributed by atoms with van der Waals surface area (Å²) >= 11 is 7.36. The number of halogens is 1. The van der Waals surface area contributed by atoms with Crippen molar-refractivity contribution < 1.29 is 4.79 Å². The average Bonchev–Trinajstić information content (AvgIpc) is 3.28. The van der Waals surface area contributed by atoms with Crippen LogP contribution in [-0.4, -0.2) is 36.4 Å². The summed E-state index contributed by atoms with van der Waals surface area (Å²) in [6.45, 7) is 4.35. The molecule has 0 saturated carbocycles. The van der Waals surface area contributed by atoms with Crippen molar-refractivity contribution in [3.8, 4) is 17.2 Å². The molecule has 1 unspecified atom stereocenters. The monoisotopic (exact) mass is 478 g/mol. The van der Waals surface area contributed by atoms with Gasteiger partial charge in [-0.15, -0.1) is 10.2 Å². The lowest BCUT2D eigenvalue weighted by Gasteiger charge is -2.11. The Balaban J connectivity index is 1.51. The third-order valence-electron chi connectivity index (χ3n) is 5.22. The minimum Gasteiger partial charge on any atom is -0.325 e. The number of amides is 1. The number of benzene rings is 2. The van der Waals surface area contributed by atoms with Crippen molar-refractivity contribution in [3.05, 3.63) is 77.7 Å². The van der Waals surface area contributed by atoms with E-state index >= 15 is 0 Å². The molecule has 2 heterocycles. The number of hydrogen-bond acceptors (Lipinski definition) is 6. The smallest absolute Gasteiger partial charge is 0.234 e. The molecule has 33 heavy (non-hydrogen) atoms. The summed E-state index contributed by atoms with van der Waals surface area (Å²) in [7, 11) is 0. The molecule has 0 aliphatic rings. The first-order valence-corrected chi connectivity index (χ1v) is 11.9. The zero-order valence-electron chi connectivity index (χ0n) is 18.3. The van der Waals surface area contributed by atoms with Gasteiger partial charge in [0.2, 0.25) is 5.91 Å². The van der Waals surface area contributed by atoms with Crippen molar-refractivity contribution in [2.45, 2.75) is 31.3 Å². The molecule has 0 aliphatic heterocycles. The van der Waals surface area contributed by atoms with Crippen LogP contribution in [0.1, 0.15) is 31.7 Å². The predicted octanol–water partition coefficient (Wildman–Crippen LogP) is 5.62. The fraction of sp³-hybridized carbons (Fsp3) is 0.208. The maximum absolute atomic E-state index is 12.6. The number of nitrogens with zero attached hydrogens (tertiary/aromatic N) is 5. The number of aromatic nitrogens is 5. The molecule has 1 N–H and O–H groups in total. The Morgan fingerprint density at radius 1 is 1.09 bits per heavy atom. The van der Waals surface area contributed by atoms with Crippen LogP contribution in [0, 0.1) is 0 Å². The Labute approximate surface area is 201 Å². The third-order valence-corrected chi connectivity index (χ3v) is 6.40. The SMILES string of the molecule is CCC(C)c1ccc(NC(=O)CSc2nnc(-c3cnccn3)n2-c2ccc(Cl)cc2)cc1. The Bertz CT molecular complexity index is 1210. The van der Waals surface area contributed by atoms with Crippen molar-refractivity contribution in [2.75, 3.05) is 11.1 Å². The van der Waals surface area contributed by atoms with Crippen molar-refractivity contribution >= 4 is 35.0 Å². The largest absolute Gasteiger partial charge is 0.325 e. The van der Waals surface area contributed by atoms with E-state index in [4.69, 9.17) is 11.6 Å². The van der Waals surface area contributed by atoms with Crippen molar-refractivity contribution in [1.82, 2.24) is 24.7 Å². The molecule has 1 atom stereocenters. The molecule has 4 rings (SSSR count). The van der Waals surface area contributed by atoms with Crippen LogP contribution in [0.5, 0.6) is 0 Å². The number of thioether (sulfide) groups is 1. The van der Waals surface area contributed by atoms with Crippen LogP contribution >= 0.6 is 23.4 Å². The second-order valence-electron chi connectivity index (χ2n) is 7.48. The molecule has 0 saturated heterocycles. The molecule has 0 bridgehead atoms. The number of carbonyl (C=O) groups is 1. The van der Waals surface area contributed by atoms with Crippen molar-refractivity contribution in [3.63, 3.8) is 0 Å². The predicted molar refractivity (Wildman–Crippen MR) is 132 cm³/mol. The molecule has 4 aromatic rings. The van der Waals surface area contributed by atoms with Crippen LogP contribution in [0.2, 0.25) is 5.02 Å². The van der Waals surface area contributed by atoms with Crippen molar-refractivity contribution in [2.24, 2.45) is 0 Å². The van der Waals surface area contributed by atoms with E-state index in [2.05, 4.69) is 51.5 Å². The van der Waals surface area contributed by atoms with Crippen LogP contribution in [0.15, 0.2) is 72.3 Å². The standard InChI is InChI=1S/C24H23ClN6OS/c1-3-16(2)17-4-8-19(9-5-17)28-22(32)15-33-24-30-29-23(21-14-26-12-13-27-21)31(24)20-10-6-18(25)7-11-20/h4-14,16H,3,15H2,1-2H3,(H,28,32). The molecule has 0 spiro atoms. The molecule has 7 nitrogen and oxygen atoms in total. The third kappa shape index (κ3) is 5.58. The van der Waals surface area contributed by atoms with Crippen LogP contribution in [0.4, 0.5) is 5.69 Å². The highest BCUT2D eigenvalue weighted by Crippen LogP contribution is 2.28. The number of carbonyl (C=O) groups excluding carboxylic acids is 1. The van der Waals surface area contributed by atoms with Gasteiger partial charge in [0.15, 0.2) is 11.0 Å². The molecule has 2 aromatic heterocycles. The minimum atomic E-state index is -0.122. The van der Waals surface area contributed by atoms with E-state index in [1.54, 1.807) is 30.7 Å². The van der Waals surface area contributed by atoms with Gasteiger partial charge in [-0.3, -0.25) is 14.3 Å². The van der Waals surface area contributed by atoms with Crippen LogP contribution in [-0.2, 0) is 4.79 Å². The summed E-state index contributed by atoms with van der Waals surface area (Å²) in [4.78, 5) is 21.1. The highest BCUT2D eigenvalue weighted by atomic mass is 35.5. The number of hydrogen-bond donors (Lipinski definition) is 1. The number of nitrogens with one attached hydrogen (secondary N) is 1. The van der Waals surface area contributed by atoms with Gasteiger partial charge in [-0.2, -0.15) is 0 Å². The van der Waals surface area contributed by atoms with E-state index in [9.17, 15) is 4.79 Å². The summed E-state index contributed by atoms with van der Waals surface area (Å²) < 4.78 is 1.85. The van der Waals surface area contributed by atoms with Crippen LogP contribution in [0.3, 0.4) is 0 Å².